The first-order chi connectivity index (χ1) is 14.7. The largest absolute Gasteiger partial charge is 0.360 e. The maximum Gasteiger partial charge on any atom is 0.227 e. The Balaban J connectivity index is 1.27. The molecule has 2 aliphatic heterocycles. The Bertz CT molecular complexity index is 1090. The van der Waals surface area contributed by atoms with E-state index in [4.69, 9.17) is 0 Å². The molecule has 0 radical (unpaired) electrons. The van der Waals surface area contributed by atoms with Gasteiger partial charge in [-0.2, -0.15) is 0 Å². The fourth-order valence-electron chi connectivity index (χ4n) is 4.58. The molecular formula is C23H24FN5O. The molecule has 30 heavy (non-hydrogen) atoms. The summed E-state index contributed by atoms with van der Waals surface area (Å²) in [5.74, 6) is 0.812. The molecule has 1 amide bonds. The minimum atomic E-state index is -0.242. The smallest absolute Gasteiger partial charge is 0.227 e. The average Bonchev–Trinajstić information content (AvgIpc) is 3.22. The van der Waals surface area contributed by atoms with Crippen LogP contribution >= 0.6 is 0 Å². The molecule has 1 atom stereocenters. The van der Waals surface area contributed by atoms with Crippen LogP contribution in [0, 0.1) is 11.7 Å². The lowest BCUT2D eigenvalue weighted by atomic mass is 9.94. The van der Waals surface area contributed by atoms with E-state index in [0.717, 1.165) is 48.1 Å². The van der Waals surface area contributed by atoms with Gasteiger partial charge in [0.05, 0.1) is 12.1 Å². The summed E-state index contributed by atoms with van der Waals surface area (Å²) in [6, 6.07) is 4.83. The number of amides is 1. The van der Waals surface area contributed by atoms with Crippen molar-refractivity contribution in [1.29, 1.82) is 0 Å². The van der Waals surface area contributed by atoms with E-state index in [2.05, 4.69) is 25.9 Å². The maximum absolute atomic E-state index is 13.5. The van der Waals surface area contributed by atoms with Crippen LogP contribution in [-0.2, 0) is 4.79 Å². The number of anilines is 1. The van der Waals surface area contributed by atoms with Crippen molar-refractivity contribution in [3.05, 3.63) is 60.4 Å². The Morgan fingerprint density at radius 2 is 2.17 bits per heavy atom. The number of nitrogens with one attached hydrogen (secondary N) is 1. The highest BCUT2D eigenvalue weighted by Crippen LogP contribution is 2.31. The third-order valence-electron chi connectivity index (χ3n) is 6.15. The first-order valence-electron chi connectivity index (χ1n) is 10.4. The van der Waals surface area contributed by atoms with Gasteiger partial charge in [0.25, 0.3) is 0 Å². The quantitative estimate of drug-likeness (QED) is 0.723. The summed E-state index contributed by atoms with van der Waals surface area (Å²) in [5, 5.41) is 1.02. The summed E-state index contributed by atoms with van der Waals surface area (Å²) in [6.07, 6.45) is 11.9. The normalized spacial score (nSPS) is 19.8. The number of hydrogen-bond donors (Lipinski definition) is 1. The van der Waals surface area contributed by atoms with E-state index in [1.807, 2.05) is 17.2 Å². The highest BCUT2D eigenvalue weighted by atomic mass is 19.1. The molecule has 6 nitrogen and oxygen atoms in total. The molecule has 1 unspecified atom stereocenters. The molecule has 154 valence electrons. The minimum absolute atomic E-state index is 0.00762. The lowest BCUT2D eigenvalue weighted by Crippen LogP contribution is -2.46. The summed E-state index contributed by atoms with van der Waals surface area (Å²) in [6.45, 7) is 2.93. The van der Waals surface area contributed by atoms with Crippen molar-refractivity contribution in [3.63, 3.8) is 0 Å². The zero-order valence-electron chi connectivity index (χ0n) is 16.7. The van der Waals surface area contributed by atoms with Crippen molar-refractivity contribution >= 4 is 28.2 Å². The van der Waals surface area contributed by atoms with Crippen LogP contribution in [-0.4, -0.2) is 51.9 Å². The SMILES string of the molecule is O=C(C1CCCN(c2cnccn2)C1)N1CC=C(c2c[nH]c3cc(F)ccc23)CC1. The van der Waals surface area contributed by atoms with Crippen LogP contribution in [0.25, 0.3) is 16.5 Å². The molecule has 0 saturated carbocycles. The summed E-state index contributed by atoms with van der Waals surface area (Å²) in [5.41, 5.74) is 3.11. The zero-order chi connectivity index (χ0) is 20.5. The van der Waals surface area contributed by atoms with Crippen molar-refractivity contribution < 1.29 is 9.18 Å². The molecule has 1 N–H and O–H groups in total. The first-order valence-corrected chi connectivity index (χ1v) is 10.4. The van der Waals surface area contributed by atoms with E-state index in [1.165, 1.54) is 17.7 Å². The number of aromatic nitrogens is 3. The van der Waals surface area contributed by atoms with E-state index in [9.17, 15) is 9.18 Å². The number of fused-ring (bicyclic) bond motifs is 1. The van der Waals surface area contributed by atoms with Crippen molar-refractivity contribution in [2.75, 3.05) is 31.1 Å². The second kappa shape index (κ2) is 7.89. The molecule has 5 rings (SSSR count). The molecule has 2 aliphatic rings. The molecule has 4 heterocycles. The van der Waals surface area contributed by atoms with Crippen LogP contribution < -0.4 is 4.90 Å². The summed E-state index contributed by atoms with van der Waals surface area (Å²) in [7, 11) is 0. The van der Waals surface area contributed by atoms with Crippen LogP contribution in [0.5, 0.6) is 0 Å². The number of piperidine rings is 1. The summed E-state index contributed by atoms with van der Waals surface area (Å²) >= 11 is 0. The number of carbonyl (C=O) groups excluding carboxylic acids is 1. The van der Waals surface area contributed by atoms with Gasteiger partial charge in [-0.05, 0) is 43.0 Å². The van der Waals surface area contributed by atoms with Gasteiger partial charge in [-0.15, -0.1) is 0 Å². The zero-order valence-corrected chi connectivity index (χ0v) is 16.7. The van der Waals surface area contributed by atoms with E-state index in [1.54, 1.807) is 18.6 Å². The number of aromatic amines is 1. The average molecular weight is 405 g/mol. The minimum Gasteiger partial charge on any atom is -0.360 e. The molecule has 1 saturated heterocycles. The number of carbonyl (C=O) groups is 1. The highest BCUT2D eigenvalue weighted by molar-refractivity contribution is 5.93. The van der Waals surface area contributed by atoms with E-state index in [-0.39, 0.29) is 17.6 Å². The molecule has 0 aliphatic carbocycles. The Labute approximate surface area is 174 Å². The van der Waals surface area contributed by atoms with Gasteiger partial charge in [0.1, 0.15) is 11.6 Å². The van der Waals surface area contributed by atoms with E-state index >= 15 is 0 Å². The monoisotopic (exact) mass is 405 g/mol. The van der Waals surface area contributed by atoms with Gasteiger partial charge in [-0.1, -0.05) is 6.08 Å². The third-order valence-corrected chi connectivity index (χ3v) is 6.15. The second-order valence-corrected chi connectivity index (χ2v) is 8.00. The Hall–Kier alpha value is -3.22. The standard InChI is InChI=1S/C23H24FN5O/c24-18-3-4-19-20(13-27-21(19)12-18)16-5-10-28(11-6-16)23(30)17-2-1-9-29(15-17)22-14-25-7-8-26-22/h3-5,7-8,12-14,17,27H,1-2,6,9-11,15H2. The molecule has 1 fully saturated rings. The first kappa shape index (κ1) is 18.8. The molecule has 2 aromatic heterocycles. The van der Waals surface area contributed by atoms with Crippen LogP contribution in [0.1, 0.15) is 24.8 Å². The number of nitrogens with zero attached hydrogens (tertiary/aromatic N) is 4. The number of H-pyrrole nitrogens is 1. The number of rotatable bonds is 3. The molecule has 0 bridgehead atoms. The van der Waals surface area contributed by atoms with Crippen molar-refractivity contribution in [3.8, 4) is 0 Å². The Morgan fingerprint density at radius 3 is 2.97 bits per heavy atom. The van der Waals surface area contributed by atoms with Gasteiger partial charge in [-0.3, -0.25) is 9.78 Å². The van der Waals surface area contributed by atoms with Gasteiger partial charge in [-0.25, -0.2) is 9.37 Å². The highest BCUT2D eigenvalue weighted by Gasteiger charge is 2.30. The number of benzene rings is 1. The third kappa shape index (κ3) is 3.56. The van der Waals surface area contributed by atoms with Gasteiger partial charge < -0.3 is 14.8 Å². The lowest BCUT2D eigenvalue weighted by Gasteiger charge is -2.36. The fraction of sp³-hybridized carbons (Fsp3) is 0.348. The number of halogens is 1. The van der Waals surface area contributed by atoms with Crippen molar-refractivity contribution in [2.24, 2.45) is 5.92 Å². The van der Waals surface area contributed by atoms with Gasteiger partial charge in [0.15, 0.2) is 0 Å². The van der Waals surface area contributed by atoms with E-state index < -0.39 is 0 Å². The van der Waals surface area contributed by atoms with Crippen LogP contribution in [0.3, 0.4) is 0 Å². The lowest BCUT2D eigenvalue weighted by molar-refractivity contribution is -0.135. The van der Waals surface area contributed by atoms with Crippen LogP contribution in [0.2, 0.25) is 0 Å². The predicted octanol–water partition coefficient (Wildman–Crippen LogP) is 3.63. The van der Waals surface area contributed by atoms with Crippen molar-refractivity contribution in [2.45, 2.75) is 19.3 Å². The second-order valence-electron chi connectivity index (χ2n) is 8.00. The molecule has 7 heteroatoms. The molecule has 0 spiro atoms. The van der Waals surface area contributed by atoms with Gasteiger partial charge in [0.2, 0.25) is 5.91 Å². The van der Waals surface area contributed by atoms with Crippen molar-refractivity contribution in [1.82, 2.24) is 19.9 Å². The Morgan fingerprint density at radius 1 is 1.23 bits per heavy atom. The molecule has 1 aromatic carbocycles. The van der Waals surface area contributed by atoms with Gasteiger partial charge >= 0.3 is 0 Å². The predicted molar refractivity (Wildman–Crippen MR) is 114 cm³/mol. The number of hydrogen-bond acceptors (Lipinski definition) is 4. The van der Waals surface area contributed by atoms with Crippen LogP contribution in [0.4, 0.5) is 10.2 Å². The Kier molecular flexibility index (Phi) is 4.94. The van der Waals surface area contributed by atoms with E-state index in [0.29, 0.717) is 19.6 Å². The summed E-state index contributed by atoms with van der Waals surface area (Å²) in [4.78, 5) is 29.0. The van der Waals surface area contributed by atoms with Gasteiger partial charge in [0, 0.05) is 61.2 Å². The fourth-order valence-corrected chi connectivity index (χ4v) is 4.58. The molecule has 3 aromatic rings. The van der Waals surface area contributed by atoms with Crippen LogP contribution in [0.15, 0.2) is 49.1 Å². The summed E-state index contributed by atoms with van der Waals surface area (Å²) < 4.78 is 13.5. The molecular weight excluding hydrogens is 381 g/mol. The maximum atomic E-state index is 13.5. The topological polar surface area (TPSA) is 65.1 Å².